The van der Waals surface area contributed by atoms with Gasteiger partial charge < -0.3 is 15.2 Å². The molecule has 0 saturated carbocycles. The van der Waals surface area contributed by atoms with Crippen LogP contribution < -0.4 is 10.6 Å². The highest BCUT2D eigenvalue weighted by Crippen LogP contribution is 2.24. The maximum absolute atomic E-state index is 12.1. The Labute approximate surface area is 175 Å². The maximum Gasteiger partial charge on any atom is 0.243 e. The molecule has 2 N–H and O–H groups in total. The Kier molecular flexibility index (Phi) is 6.89. The highest BCUT2D eigenvalue weighted by Gasteiger charge is 2.12. The number of anilines is 1. The molecule has 0 aliphatic carbocycles. The average Bonchev–Trinajstić information content (AvgIpc) is 3.07. The van der Waals surface area contributed by atoms with Crippen molar-refractivity contribution in [1.29, 1.82) is 0 Å². The van der Waals surface area contributed by atoms with E-state index in [0.717, 1.165) is 20.9 Å². The van der Waals surface area contributed by atoms with Crippen molar-refractivity contribution in [2.75, 3.05) is 17.6 Å². The van der Waals surface area contributed by atoms with E-state index in [2.05, 4.69) is 31.5 Å². The number of rotatable bonds is 7. The number of hydrogen-bond donors (Lipinski definition) is 2. The van der Waals surface area contributed by atoms with E-state index in [-0.39, 0.29) is 24.1 Å². The first-order valence-corrected chi connectivity index (χ1v) is 10.3. The maximum atomic E-state index is 12.1. The molecule has 3 rings (SSSR count). The van der Waals surface area contributed by atoms with Crippen LogP contribution in [-0.4, -0.2) is 33.7 Å². The molecule has 0 spiro atoms. The quantitative estimate of drug-likeness (QED) is 0.529. The van der Waals surface area contributed by atoms with Gasteiger partial charge >= 0.3 is 0 Å². The van der Waals surface area contributed by atoms with Gasteiger partial charge in [0.05, 0.1) is 29.9 Å². The summed E-state index contributed by atoms with van der Waals surface area (Å²) < 4.78 is 2.74. The van der Waals surface area contributed by atoms with Crippen LogP contribution in [0, 0.1) is 0 Å². The fourth-order valence-electron chi connectivity index (χ4n) is 2.52. The topological polar surface area (TPSA) is 76.0 Å². The molecule has 144 valence electrons. The predicted octanol–water partition coefficient (Wildman–Crippen LogP) is 3.70. The lowest BCUT2D eigenvalue weighted by Crippen LogP contribution is -2.34. The average molecular weight is 459 g/mol. The van der Waals surface area contributed by atoms with E-state index in [4.69, 9.17) is 0 Å². The molecule has 0 aliphatic heterocycles. The SMILES string of the molecule is Cn1c(-c2ccccc2)cnc1SCC(=O)NCC(=O)Nc1ccccc1Br. The summed E-state index contributed by atoms with van der Waals surface area (Å²) in [6.07, 6.45) is 1.79. The number of carbonyl (C=O) groups is 2. The number of nitrogens with one attached hydrogen (secondary N) is 2. The first-order chi connectivity index (χ1) is 13.5. The molecule has 0 fully saturated rings. The van der Waals surface area contributed by atoms with Crippen LogP contribution in [0.2, 0.25) is 0 Å². The van der Waals surface area contributed by atoms with Crippen LogP contribution in [0.15, 0.2) is 70.4 Å². The molecule has 1 aromatic heterocycles. The second kappa shape index (κ2) is 9.57. The number of amides is 2. The van der Waals surface area contributed by atoms with E-state index in [1.165, 1.54) is 11.8 Å². The smallest absolute Gasteiger partial charge is 0.243 e. The first kappa shape index (κ1) is 20.2. The second-order valence-electron chi connectivity index (χ2n) is 5.94. The number of imidazole rings is 1. The summed E-state index contributed by atoms with van der Waals surface area (Å²) in [4.78, 5) is 28.4. The second-order valence-corrected chi connectivity index (χ2v) is 7.74. The van der Waals surface area contributed by atoms with E-state index >= 15 is 0 Å². The third-order valence-electron chi connectivity index (χ3n) is 3.94. The van der Waals surface area contributed by atoms with Crippen LogP contribution in [0.1, 0.15) is 0 Å². The molecule has 3 aromatic rings. The van der Waals surface area contributed by atoms with E-state index in [0.29, 0.717) is 5.69 Å². The van der Waals surface area contributed by atoms with Crippen LogP contribution >= 0.6 is 27.7 Å². The highest BCUT2D eigenvalue weighted by molar-refractivity contribution is 9.10. The summed E-state index contributed by atoms with van der Waals surface area (Å²) >= 11 is 4.70. The van der Waals surface area contributed by atoms with Gasteiger partial charge in [-0.1, -0.05) is 54.2 Å². The van der Waals surface area contributed by atoms with Gasteiger partial charge in [-0.05, 0) is 33.6 Å². The molecule has 2 aromatic carbocycles. The lowest BCUT2D eigenvalue weighted by molar-refractivity contribution is -0.122. The summed E-state index contributed by atoms with van der Waals surface area (Å²) in [5.74, 6) is -0.327. The van der Waals surface area contributed by atoms with Crippen molar-refractivity contribution < 1.29 is 9.59 Å². The minimum Gasteiger partial charge on any atom is -0.346 e. The number of thioether (sulfide) groups is 1. The van der Waals surface area contributed by atoms with Crippen molar-refractivity contribution in [3.63, 3.8) is 0 Å². The molecule has 28 heavy (non-hydrogen) atoms. The third-order valence-corrected chi connectivity index (χ3v) is 5.68. The lowest BCUT2D eigenvalue weighted by atomic mass is 10.2. The Morgan fingerprint density at radius 1 is 1.07 bits per heavy atom. The van der Waals surface area contributed by atoms with Gasteiger partial charge in [-0.15, -0.1) is 0 Å². The van der Waals surface area contributed by atoms with Gasteiger partial charge in [0.2, 0.25) is 11.8 Å². The monoisotopic (exact) mass is 458 g/mol. The molecular formula is C20H19BrN4O2S. The Morgan fingerprint density at radius 2 is 1.79 bits per heavy atom. The van der Waals surface area contributed by atoms with Crippen molar-refractivity contribution in [3.8, 4) is 11.3 Å². The molecule has 0 saturated heterocycles. The third kappa shape index (κ3) is 5.24. The number of hydrogen-bond acceptors (Lipinski definition) is 4. The number of nitrogens with zero attached hydrogens (tertiary/aromatic N) is 2. The molecule has 0 bridgehead atoms. The lowest BCUT2D eigenvalue weighted by Gasteiger charge is -2.08. The Balaban J connectivity index is 1.48. The Morgan fingerprint density at radius 3 is 2.54 bits per heavy atom. The fraction of sp³-hybridized carbons (Fsp3) is 0.150. The summed E-state index contributed by atoms with van der Waals surface area (Å²) in [5.41, 5.74) is 2.71. The van der Waals surface area contributed by atoms with Gasteiger partial charge in [0.15, 0.2) is 5.16 Å². The zero-order chi connectivity index (χ0) is 19.9. The van der Waals surface area contributed by atoms with Gasteiger partial charge in [0.1, 0.15) is 0 Å². The molecule has 0 aliphatic rings. The van der Waals surface area contributed by atoms with E-state index in [9.17, 15) is 9.59 Å². The Bertz CT molecular complexity index is 975. The fourth-order valence-corrected chi connectivity index (χ4v) is 3.69. The number of para-hydroxylation sites is 1. The number of aromatic nitrogens is 2. The number of carbonyl (C=O) groups excluding carboxylic acids is 2. The van der Waals surface area contributed by atoms with Crippen LogP contribution in [0.4, 0.5) is 5.69 Å². The van der Waals surface area contributed by atoms with Gasteiger partial charge in [0, 0.05) is 11.5 Å². The summed E-state index contributed by atoms with van der Waals surface area (Å²) in [6, 6.07) is 17.2. The number of halogens is 1. The number of benzene rings is 2. The summed E-state index contributed by atoms with van der Waals surface area (Å²) in [7, 11) is 1.92. The molecule has 0 radical (unpaired) electrons. The van der Waals surface area contributed by atoms with Crippen LogP contribution in [0.3, 0.4) is 0 Å². The van der Waals surface area contributed by atoms with Gasteiger partial charge in [-0.2, -0.15) is 0 Å². The standard InChI is InChI=1S/C20H19BrN4O2S/c1-25-17(14-7-3-2-4-8-14)11-23-20(25)28-13-19(27)22-12-18(26)24-16-10-6-5-9-15(16)21/h2-11H,12-13H2,1H3,(H,22,27)(H,24,26). The van der Waals surface area contributed by atoms with Crippen molar-refractivity contribution in [3.05, 3.63) is 65.3 Å². The molecule has 1 heterocycles. The van der Waals surface area contributed by atoms with E-state index < -0.39 is 0 Å². The molecule has 0 unspecified atom stereocenters. The Hall–Kier alpha value is -2.58. The van der Waals surface area contributed by atoms with Gasteiger partial charge in [0.25, 0.3) is 0 Å². The predicted molar refractivity (Wildman–Crippen MR) is 115 cm³/mol. The van der Waals surface area contributed by atoms with E-state index in [1.807, 2.05) is 60.1 Å². The molecular weight excluding hydrogens is 440 g/mol. The molecule has 6 nitrogen and oxygen atoms in total. The minimum absolute atomic E-state index is 0.0867. The van der Waals surface area contributed by atoms with Gasteiger partial charge in [-0.3, -0.25) is 9.59 Å². The normalized spacial score (nSPS) is 10.5. The van der Waals surface area contributed by atoms with Crippen LogP contribution in [0.25, 0.3) is 11.3 Å². The zero-order valence-corrected chi connectivity index (χ0v) is 17.6. The van der Waals surface area contributed by atoms with Crippen LogP contribution in [-0.2, 0) is 16.6 Å². The first-order valence-electron chi connectivity index (χ1n) is 8.55. The summed E-state index contributed by atoms with van der Waals surface area (Å²) in [6.45, 7) is -0.0867. The summed E-state index contributed by atoms with van der Waals surface area (Å²) in [5, 5.41) is 6.11. The van der Waals surface area contributed by atoms with Crippen molar-refractivity contribution in [2.24, 2.45) is 7.05 Å². The molecule has 0 atom stereocenters. The minimum atomic E-state index is -0.284. The van der Waals surface area contributed by atoms with Crippen molar-refractivity contribution >= 4 is 45.2 Å². The van der Waals surface area contributed by atoms with Crippen LogP contribution in [0.5, 0.6) is 0 Å². The largest absolute Gasteiger partial charge is 0.346 e. The van der Waals surface area contributed by atoms with Gasteiger partial charge in [-0.25, -0.2) is 4.98 Å². The highest BCUT2D eigenvalue weighted by atomic mass is 79.9. The molecule has 2 amide bonds. The van der Waals surface area contributed by atoms with Crippen molar-refractivity contribution in [2.45, 2.75) is 5.16 Å². The van der Waals surface area contributed by atoms with E-state index in [1.54, 1.807) is 12.3 Å². The zero-order valence-electron chi connectivity index (χ0n) is 15.2. The van der Waals surface area contributed by atoms with Crippen molar-refractivity contribution in [1.82, 2.24) is 14.9 Å². The molecule has 8 heteroatoms.